The molecule has 1 aliphatic heterocycles. The zero-order valence-electron chi connectivity index (χ0n) is 12.0. The van der Waals surface area contributed by atoms with E-state index in [0.717, 1.165) is 25.3 Å². The van der Waals surface area contributed by atoms with Gasteiger partial charge >= 0.3 is 0 Å². The van der Waals surface area contributed by atoms with Gasteiger partial charge in [0, 0.05) is 19.1 Å². The first kappa shape index (κ1) is 14.4. The van der Waals surface area contributed by atoms with E-state index in [1.165, 1.54) is 12.8 Å². The Bertz CT molecular complexity index is 424. The maximum atomic E-state index is 6.28. The third kappa shape index (κ3) is 3.50. The van der Waals surface area contributed by atoms with Crippen molar-refractivity contribution in [3.63, 3.8) is 0 Å². The monoisotopic (exact) mass is 282 g/mol. The number of hydrogen-bond acceptors (Lipinski definition) is 4. The van der Waals surface area contributed by atoms with Gasteiger partial charge in [-0.05, 0) is 32.1 Å². The van der Waals surface area contributed by atoms with Gasteiger partial charge in [0.25, 0.3) is 0 Å². The van der Waals surface area contributed by atoms with Crippen molar-refractivity contribution in [2.75, 3.05) is 23.3 Å². The fourth-order valence-electron chi connectivity index (χ4n) is 2.47. The quantitative estimate of drug-likeness (QED) is 0.916. The Morgan fingerprint density at radius 3 is 2.95 bits per heavy atom. The van der Waals surface area contributed by atoms with Crippen molar-refractivity contribution in [2.45, 2.75) is 46.1 Å². The summed E-state index contributed by atoms with van der Waals surface area (Å²) in [5.74, 6) is 2.23. The number of nitrogens with one attached hydrogen (secondary N) is 1. The Hall–Kier alpha value is -1.03. The molecule has 1 fully saturated rings. The highest BCUT2D eigenvalue weighted by molar-refractivity contribution is 6.32. The van der Waals surface area contributed by atoms with Crippen LogP contribution in [0.5, 0.6) is 0 Å². The van der Waals surface area contributed by atoms with Gasteiger partial charge in [0.15, 0.2) is 5.82 Å². The molecule has 0 saturated carbocycles. The summed E-state index contributed by atoms with van der Waals surface area (Å²) >= 11 is 6.28. The fourth-order valence-corrected chi connectivity index (χ4v) is 2.66. The number of halogens is 1. The summed E-state index contributed by atoms with van der Waals surface area (Å²) < 4.78 is 0. The summed E-state index contributed by atoms with van der Waals surface area (Å²) in [5, 5.41) is 3.86. The van der Waals surface area contributed by atoms with E-state index in [0.29, 0.717) is 22.9 Å². The predicted molar refractivity (Wildman–Crippen MR) is 81.0 cm³/mol. The zero-order valence-corrected chi connectivity index (χ0v) is 12.7. The van der Waals surface area contributed by atoms with Crippen LogP contribution in [0.15, 0.2) is 6.20 Å². The first-order valence-corrected chi connectivity index (χ1v) is 7.52. The second-order valence-electron chi connectivity index (χ2n) is 5.48. The Morgan fingerprint density at radius 1 is 1.42 bits per heavy atom. The Balaban J connectivity index is 2.21. The highest BCUT2D eigenvalue weighted by atomic mass is 35.5. The van der Waals surface area contributed by atoms with Crippen LogP contribution in [0.25, 0.3) is 0 Å². The normalized spacial score (nSPS) is 23.5. The van der Waals surface area contributed by atoms with E-state index in [9.17, 15) is 0 Å². The molecular formula is C14H23ClN4. The molecule has 4 nitrogen and oxygen atoms in total. The molecule has 1 aromatic heterocycles. The summed E-state index contributed by atoms with van der Waals surface area (Å²) in [6.07, 6.45) is 5.23. The Morgan fingerprint density at radius 2 is 2.21 bits per heavy atom. The second-order valence-corrected chi connectivity index (χ2v) is 5.88. The molecule has 0 aliphatic carbocycles. The molecule has 19 heavy (non-hydrogen) atoms. The van der Waals surface area contributed by atoms with E-state index < -0.39 is 0 Å². The summed E-state index contributed by atoms with van der Waals surface area (Å²) in [6.45, 7) is 8.55. The maximum Gasteiger partial charge on any atom is 0.224 e. The van der Waals surface area contributed by atoms with Crippen molar-refractivity contribution in [1.82, 2.24) is 9.97 Å². The van der Waals surface area contributed by atoms with E-state index >= 15 is 0 Å². The average molecular weight is 283 g/mol. The number of aromatic nitrogens is 2. The van der Waals surface area contributed by atoms with Crippen molar-refractivity contribution in [3.8, 4) is 0 Å². The van der Waals surface area contributed by atoms with Crippen LogP contribution < -0.4 is 10.2 Å². The van der Waals surface area contributed by atoms with Gasteiger partial charge in [0.2, 0.25) is 5.95 Å². The molecule has 2 rings (SSSR count). The van der Waals surface area contributed by atoms with Crippen LogP contribution in [0.4, 0.5) is 11.8 Å². The van der Waals surface area contributed by atoms with Gasteiger partial charge in [0.1, 0.15) is 5.02 Å². The first-order valence-electron chi connectivity index (χ1n) is 7.14. The molecule has 2 heterocycles. The molecular weight excluding hydrogens is 260 g/mol. The van der Waals surface area contributed by atoms with Gasteiger partial charge in [-0.25, -0.2) is 4.98 Å². The van der Waals surface area contributed by atoms with Gasteiger partial charge in [-0.15, -0.1) is 0 Å². The molecule has 1 N–H and O–H groups in total. The topological polar surface area (TPSA) is 41.1 Å². The van der Waals surface area contributed by atoms with Crippen LogP contribution in [0.2, 0.25) is 5.02 Å². The number of anilines is 2. The highest BCUT2D eigenvalue weighted by Gasteiger charge is 2.26. The van der Waals surface area contributed by atoms with Gasteiger partial charge in [-0.3, -0.25) is 0 Å². The molecule has 1 saturated heterocycles. The average Bonchev–Trinajstić information content (AvgIpc) is 2.41. The number of nitrogens with zero attached hydrogens (tertiary/aromatic N) is 3. The van der Waals surface area contributed by atoms with Crippen molar-refractivity contribution < 1.29 is 0 Å². The van der Waals surface area contributed by atoms with E-state index in [4.69, 9.17) is 11.6 Å². The molecule has 0 bridgehead atoms. The minimum atomic E-state index is 0.489. The van der Waals surface area contributed by atoms with E-state index in [1.807, 2.05) is 0 Å². The van der Waals surface area contributed by atoms with Gasteiger partial charge in [-0.2, -0.15) is 4.98 Å². The number of hydrogen-bond donors (Lipinski definition) is 1. The van der Waals surface area contributed by atoms with Crippen LogP contribution in [0, 0.1) is 5.92 Å². The largest absolute Gasteiger partial charge is 0.354 e. The van der Waals surface area contributed by atoms with Gasteiger partial charge in [-0.1, -0.05) is 25.4 Å². The zero-order chi connectivity index (χ0) is 13.8. The Kier molecular flexibility index (Phi) is 4.86. The molecule has 1 aliphatic rings. The standard InChI is InChI=1S/C14H23ClN4/c1-4-7-16-14-17-8-12(15)13(18-14)19-9-10(2)5-6-11(19)3/h8,10-11H,4-7,9H2,1-3H3,(H,16,17,18). The SMILES string of the molecule is CCCNc1ncc(Cl)c(N2CC(C)CCC2C)n1. The summed E-state index contributed by atoms with van der Waals surface area (Å²) in [7, 11) is 0. The predicted octanol–water partition coefficient (Wildman–Crippen LogP) is 3.58. The molecule has 0 amide bonds. The fraction of sp³-hybridized carbons (Fsp3) is 0.714. The van der Waals surface area contributed by atoms with Crippen molar-refractivity contribution in [1.29, 1.82) is 0 Å². The van der Waals surface area contributed by atoms with E-state index in [2.05, 4.69) is 41.0 Å². The number of rotatable bonds is 4. The van der Waals surface area contributed by atoms with Crippen molar-refractivity contribution >= 4 is 23.4 Å². The molecule has 2 unspecified atom stereocenters. The van der Waals surface area contributed by atoms with Crippen LogP contribution >= 0.6 is 11.6 Å². The lowest BCUT2D eigenvalue weighted by molar-refractivity contribution is 0.388. The number of piperidine rings is 1. The lowest BCUT2D eigenvalue weighted by Gasteiger charge is -2.38. The van der Waals surface area contributed by atoms with Crippen LogP contribution in [0.1, 0.15) is 40.0 Å². The third-order valence-corrected chi connectivity index (χ3v) is 3.92. The molecule has 0 aromatic carbocycles. The van der Waals surface area contributed by atoms with Crippen molar-refractivity contribution in [2.24, 2.45) is 5.92 Å². The molecule has 1 aromatic rings. The first-order chi connectivity index (χ1) is 9.11. The Labute approximate surface area is 120 Å². The van der Waals surface area contributed by atoms with Crippen LogP contribution in [0.3, 0.4) is 0 Å². The van der Waals surface area contributed by atoms with Gasteiger partial charge in [0.05, 0.1) is 6.20 Å². The third-order valence-electron chi connectivity index (χ3n) is 3.65. The summed E-state index contributed by atoms with van der Waals surface area (Å²) in [5.41, 5.74) is 0. The lowest BCUT2D eigenvalue weighted by Crippen LogP contribution is -2.41. The van der Waals surface area contributed by atoms with E-state index in [1.54, 1.807) is 6.20 Å². The molecule has 2 atom stereocenters. The van der Waals surface area contributed by atoms with Crippen LogP contribution in [-0.2, 0) is 0 Å². The van der Waals surface area contributed by atoms with Crippen LogP contribution in [-0.4, -0.2) is 29.1 Å². The van der Waals surface area contributed by atoms with E-state index in [-0.39, 0.29) is 0 Å². The maximum absolute atomic E-state index is 6.28. The summed E-state index contributed by atoms with van der Waals surface area (Å²) in [4.78, 5) is 11.1. The van der Waals surface area contributed by atoms with Crippen molar-refractivity contribution in [3.05, 3.63) is 11.2 Å². The second kappa shape index (κ2) is 6.42. The highest BCUT2D eigenvalue weighted by Crippen LogP contribution is 2.31. The minimum absolute atomic E-state index is 0.489. The molecule has 0 spiro atoms. The lowest BCUT2D eigenvalue weighted by atomic mass is 9.95. The van der Waals surface area contributed by atoms with Gasteiger partial charge < -0.3 is 10.2 Å². The minimum Gasteiger partial charge on any atom is -0.354 e. The molecule has 106 valence electrons. The molecule has 0 radical (unpaired) electrons. The molecule has 5 heteroatoms. The summed E-state index contributed by atoms with van der Waals surface area (Å²) in [6, 6.07) is 0.489. The smallest absolute Gasteiger partial charge is 0.224 e.